The first-order chi connectivity index (χ1) is 11.3. The number of nitrogens with zero attached hydrogens (tertiary/aromatic N) is 1. The third-order valence-electron chi connectivity index (χ3n) is 3.97. The van der Waals surface area contributed by atoms with Gasteiger partial charge in [0.15, 0.2) is 0 Å². The van der Waals surface area contributed by atoms with Crippen LogP contribution < -0.4 is 9.47 Å². The molecule has 0 atom stereocenters. The summed E-state index contributed by atoms with van der Waals surface area (Å²) in [6.07, 6.45) is 2.40. The molecule has 0 aromatic heterocycles. The molecule has 3 heteroatoms. The first-order valence-corrected chi connectivity index (χ1v) is 8.24. The summed E-state index contributed by atoms with van der Waals surface area (Å²) in [6.45, 7) is 5.15. The lowest BCUT2D eigenvalue weighted by Crippen LogP contribution is -2.24. The Kier molecular flexibility index (Phi) is 6.95. The number of ether oxygens (including phenoxy) is 2. The molecule has 2 rings (SSSR count). The van der Waals surface area contributed by atoms with Gasteiger partial charge in [-0.05, 0) is 24.6 Å². The molecule has 0 unspecified atom stereocenters. The van der Waals surface area contributed by atoms with Gasteiger partial charge < -0.3 is 9.47 Å². The Hall–Kier alpha value is -2.00. The summed E-state index contributed by atoms with van der Waals surface area (Å²) in [4.78, 5) is 2.48. The highest BCUT2D eigenvalue weighted by molar-refractivity contribution is 5.40. The number of rotatable bonds is 9. The Labute approximate surface area is 139 Å². The van der Waals surface area contributed by atoms with Crippen LogP contribution in [0.5, 0.6) is 11.5 Å². The lowest BCUT2D eigenvalue weighted by atomic mass is 10.1. The van der Waals surface area contributed by atoms with Gasteiger partial charge in [0.25, 0.3) is 0 Å². The third kappa shape index (κ3) is 5.29. The topological polar surface area (TPSA) is 21.7 Å². The molecule has 2 aromatic carbocycles. The van der Waals surface area contributed by atoms with Crippen molar-refractivity contribution in [3.8, 4) is 11.5 Å². The summed E-state index contributed by atoms with van der Waals surface area (Å²) >= 11 is 0. The van der Waals surface area contributed by atoms with E-state index in [4.69, 9.17) is 9.47 Å². The van der Waals surface area contributed by atoms with Crippen LogP contribution in [0.25, 0.3) is 0 Å². The van der Waals surface area contributed by atoms with Gasteiger partial charge in [-0.3, -0.25) is 4.90 Å². The van der Waals surface area contributed by atoms with E-state index >= 15 is 0 Å². The van der Waals surface area contributed by atoms with Crippen LogP contribution in [0.2, 0.25) is 0 Å². The predicted molar refractivity (Wildman–Crippen MR) is 95.0 cm³/mol. The van der Waals surface area contributed by atoms with Crippen molar-refractivity contribution < 1.29 is 9.47 Å². The van der Waals surface area contributed by atoms with Crippen LogP contribution in [0.3, 0.4) is 0 Å². The van der Waals surface area contributed by atoms with E-state index in [1.54, 1.807) is 14.2 Å². The molecule has 0 spiro atoms. The largest absolute Gasteiger partial charge is 0.497 e. The fourth-order valence-electron chi connectivity index (χ4n) is 2.66. The second kappa shape index (κ2) is 9.21. The molecule has 0 saturated heterocycles. The van der Waals surface area contributed by atoms with Crippen LogP contribution in [0, 0.1) is 0 Å². The monoisotopic (exact) mass is 313 g/mol. The van der Waals surface area contributed by atoms with Crippen molar-refractivity contribution in [1.29, 1.82) is 0 Å². The van der Waals surface area contributed by atoms with Crippen LogP contribution in [-0.2, 0) is 13.1 Å². The van der Waals surface area contributed by atoms with E-state index in [1.807, 2.05) is 12.1 Å². The van der Waals surface area contributed by atoms with Crippen molar-refractivity contribution in [2.24, 2.45) is 0 Å². The Morgan fingerprint density at radius 2 is 1.70 bits per heavy atom. The van der Waals surface area contributed by atoms with Crippen molar-refractivity contribution in [3.05, 3.63) is 59.7 Å². The molecule has 0 bridgehead atoms. The van der Waals surface area contributed by atoms with Gasteiger partial charge >= 0.3 is 0 Å². The molecule has 0 aliphatic carbocycles. The molecule has 0 aliphatic rings. The number of benzene rings is 2. The van der Waals surface area contributed by atoms with Crippen molar-refractivity contribution in [2.45, 2.75) is 32.9 Å². The fourth-order valence-corrected chi connectivity index (χ4v) is 2.66. The summed E-state index contributed by atoms with van der Waals surface area (Å²) in [5, 5.41) is 0. The van der Waals surface area contributed by atoms with Gasteiger partial charge in [0.05, 0.1) is 14.2 Å². The minimum absolute atomic E-state index is 0.828. The Morgan fingerprint density at radius 1 is 0.913 bits per heavy atom. The second-order valence-corrected chi connectivity index (χ2v) is 5.73. The molecule has 0 amide bonds. The molecular weight excluding hydrogens is 286 g/mol. The fraction of sp³-hybridized carbons (Fsp3) is 0.400. The summed E-state index contributed by atoms with van der Waals surface area (Å²) in [5.74, 6) is 1.72. The van der Waals surface area contributed by atoms with Crippen molar-refractivity contribution in [2.75, 3.05) is 20.8 Å². The van der Waals surface area contributed by atoms with Crippen LogP contribution in [0.15, 0.2) is 48.5 Å². The van der Waals surface area contributed by atoms with Crippen LogP contribution in [0.1, 0.15) is 30.9 Å². The van der Waals surface area contributed by atoms with Crippen LogP contribution in [-0.4, -0.2) is 25.7 Å². The molecule has 124 valence electrons. The van der Waals surface area contributed by atoms with Crippen LogP contribution in [0.4, 0.5) is 0 Å². The summed E-state index contributed by atoms with van der Waals surface area (Å²) in [5.41, 5.74) is 2.54. The highest BCUT2D eigenvalue weighted by Gasteiger charge is 2.11. The molecule has 0 heterocycles. The number of unbranched alkanes of at least 4 members (excludes halogenated alkanes) is 1. The second-order valence-electron chi connectivity index (χ2n) is 5.73. The highest BCUT2D eigenvalue weighted by atomic mass is 16.5. The maximum absolute atomic E-state index is 5.54. The smallest absolute Gasteiger partial charge is 0.127 e. The van der Waals surface area contributed by atoms with E-state index in [0.29, 0.717) is 0 Å². The third-order valence-corrected chi connectivity index (χ3v) is 3.97. The first-order valence-electron chi connectivity index (χ1n) is 8.24. The summed E-state index contributed by atoms with van der Waals surface area (Å²) in [7, 11) is 3.39. The SMILES string of the molecule is CCCCN(Cc1ccccc1)Cc1ccc(OC)cc1OC. The lowest BCUT2D eigenvalue weighted by molar-refractivity contribution is 0.248. The Balaban J connectivity index is 2.13. The highest BCUT2D eigenvalue weighted by Crippen LogP contribution is 2.26. The van der Waals surface area contributed by atoms with E-state index in [1.165, 1.54) is 24.0 Å². The van der Waals surface area contributed by atoms with Gasteiger partial charge in [-0.1, -0.05) is 49.7 Å². The van der Waals surface area contributed by atoms with Gasteiger partial charge in [-0.15, -0.1) is 0 Å². The zero-order chi connectivity index (χ0) is 16.5. The average Bonchev–Trinajstić information content (AvgIpc) is 2.60. The summed E-state index contributed by atoms with van der Waals surface area (Å²) in [6, 6.07) is 16.7. The molecule has 0 fully saturated rings. The molecule has 0 radical (unpaired) electrons. The van der Waals surface area contributed by atoms with Gasteiger partial charge in [0, 0.05) is 24.7 Å². The maximum atomic E-state index is 5.54. The number of hydrogen-bond acceptors (Lipinski definition) is 3. The molecule has 23 heavy (non-hydrogen) atoms. The Morgan fingerprint density at radius 3 is 2.35 bits per heavy atom. The zero-order valence-electron chi connectivity index (χ0n) is 14.4. The van der Waals surface area contributed by atoms with Crippen molar-refractivity contribution >= 4 is 0 Å². The number of methoxy groups -OCH3 is 2. The van der Waals surface area contributed by atoms with E-state index < -0.39 is 0 Å². The van der Waals surface area contributed by atoms with Crippen LogP contribution >= 0.6 is 0 Å². The van der Waals surface area contributed by atoms with Gasteiger partial charge in [0.2, 0.25) is 0 Å². The Bertz CT molecular complexity index is 583. The average molecular weight is 313 g/mol. The quantitative estimate of drug-likeness (QED) is 0.680. The molecule has 0 N–H and O–H groups in total. The van der Waals surface area contributed by atoms with E-state index in [-0.39, 0.29) is 0 Å². The molecule has 3 nitrogen and oxygen atoms in total. The van der Waals surface area contributed by atoms with E-state index in [9.17, 15) is 0 Å². The van der Waals surface area contributed by atoms with Gasteiger partial charge in [0.1, 0.15) is 11.5 Å². The first kappa shape index (κ1) is 17.4. The minimum atomic E-state index is 0.828. The van der Waals surface area contributed by atoms with Gasteiger partial charge in [-0.25, -0.2) is 0 Å². The zero-order valence-corrected chi connectivity index (χ0v) is 14.4. The minimum Gasteiger partial charge on any atom is -0.497 e. The lowest BCUT2D eigenvalue weighted by Gasteiger charge is -2.23. The summed E-state index contributed by atoms with van der Waals surface area (Å²) < 4.78 is 10.8. The molecular formula is C20H27NO2. The van der Waals surface area contributed by atoms with Gasteiger partial charge in [-0.2, -0.15) is 0 Å². The normalized spacial score (nSPS) is 10.8. The maximum Gasteiger partial charge on any atom is 0.127 e. The number of hydrogen-bond donors (Lipinski definition) is 0. The molecule has 0 aliphatic heterocycles. The van der Waals surface area contributed by atoms with E-state index in [0.717, 1.165) is 31.1 Å². The standard InChI is InChI=1S/C20H27NO2/c1-4-5-13-21(15-17-9-7-6-8-10-17)16-18-11-12-19(22-2)14-20(18)23-3/h6-12,14H,4-5,13,15-16H2,1-3H3. The van der Waals surface area contributed by atoms with Crippen molar-refractivity contribution in [1.82, 2.24) is 4.90 Å². The van der Waals surface area contributed by atoms with E-state index in [2.05, 4.69) is 48.2 Å². The predicted octanol–water partition coefficient (Wildman–Crippen LogP) is 4.51. The molecule has 2 aromatic rings. The van der Waals surface area contributed by atoms with Crippen molar-refractivity contribution in [3.63, 3.8) is 0 Å². The molecule has 0 saturated carbocycles.